The highest BCUT2D eigenvalue weighted by Gasteiger charge is 2.41. The lowest BCUT2D eigenvalue weighted by molar-refractivity contribution is -0.274. The predicted molar refractivity (Wildman–Crippen MR) is 80.2 cm³/mol. The first-order chi connectivity index (χ1) is 12.1. The van der Waals surface area contributed by atoms with E-state index in [0.717, 1.165) is 24.3 Å². The van der Waals surface area contributed by atoms with Crippen LogP contribution in [0, 0.1) is 5.92 Å². The van der Waals surface area contributed by atoms with E-state index in [2.05, 4.69) is 14.2 Å². The number of alkyl halides is 3. The lowest BCUT2D eigenvalue weighted by Crippen LogP contribution is -2.42. The van der Waals surface area contributed by atoms with Crippen LogP contribution in [0.15, 0.2) is 24.3 Å². The van der Waals surface area contributed by atoms with E-state index in [-0.39, 0.29) is 18.8 Å². The summed E-state index contributed by atoms with van der Waals surface area (Å²) in [5.41, 5.74) is -0.231. The van der Waals surface area contributed by atoms with Crippen molar-refractivity contribution in [2.75, 3.05) is 13.2 Å². The molecule has 0 fully saturated rings. The number of ether oxygens (including phenoxy) is 3. The first-order valence-corrected chi connectivity index (χ1v) is 7.52. The molecule has 0 amide bonds. The number of ketones is 1. The molecule has 0 aromatic heterocycles. The fourth-order valence-electron chi connectivity index (χ4n) is 1.96. The second-order valence-electron chi connectivity index (χ2n) is 4.86. The molecule has 0 saturated heterocycles. The maximum absolute atomic E-state index is 12.3. The third-order valence-electron chi connectivity index (χ3n) is 3.04. The largest absolute Gasteiger partial charge is 0.573 e. The Bertz CT molecular complexity index is 622. The van der Waals surface area contributed by atoms with Crippen LogP contribution in [0.3, 0.4) is 0 Å². The molecule has 0 aliphatic carbocycles. The zero-order chi connectivity index (χ0) is 19.9. The molecule has 10 heteroatoms. The minimum Gasteiger partial charge on any atom is -0.465 e. The molecule has 0 radical (unpaired) electrons. The van der Waals surface area contributed by atoms with Crippen LogP contribution in [-0.4, -0.2) is 48.5 Å². The smallest absolute Gasteiger partial charge is 0.465 e. The molecule has 7 nitrogen and oxygen atoms in total. The molecule has 0 bridgehead atoms. The van der Waals surface area contributed by atoms with Gasteiger partial charge in [-0.05, 0) is 38.1 Å². The highest BCUT2D eigenvalue weighted by Crippen LogP contribution is 2.24. The lowest BCUT2D eigenvalue weighted by atomic mass is 9.94. The highest BCUT2D eigenvalue weighted by molar-refractivity contribution is 6.07. The third-order valence-corrected chi connectivity index (χ3v) is 3.04. The first kappa shape index (κ1) is 21.4. The fourth-order valence-corrected chi connectivity index (χ4v) is 1.96. The van der Waals surface area contributed by atoms with Crippen molar-refractivity contribution in [1.29, 1.82) is 0 Å². The summed E-state index contributed by atoms with van der Waals surface area (Å²) in [5, 5.41) is 10.1. The van der Waals surface area contributed by atoms with E-state index in [4.69, 9.17) is 0 Å². The van der Waals surface area contributed by atoms with Gasteiger partial charge in [-0.1, -0.05) is 0 Å². The Balaban J connectivity index is 3.00. The van der Waals surface area contributed by atoms with Crippen LogP contribution in [0.4, 0.5) is 13.2 Å². The average molecular weight is 378 g/mol. The molecule has 1 N–H and O–H groups in total. The third kappa shape index (κ3) is 6.03. The number of halogens is 3. The minimum absolute atomic E-state index is 0.0981. The molecule has 0 spiro atoms. The Morgan fingerprint density at radius 2 is 1.46 bits per heavy atom. The van der Waals surface area contributed by atoms with E-state index in [0.29, 0.717) is 0 Å². The molecule has 26 heavy (non-hydrogen) atoms. The maximum atomic E-state index is 12.3. The topological polar surface area (TPSA) is 99.1 Å². The molecule has 0 aliphatic heterocycles. The lowest BCUT2D eigenvalue weighted by Gasteiger charge is -2.19. The SMILES string of the molecule is CCOC(=O)C(C(=O)OCC)C(O)C(=O)c1ccc(OC(F)(F)F)cc1. The van der Waals surface area contributed by atoms with E-state index in [1.54, 1.807) is 0 Å². The Morgan fingerprint density at radius 3 is 1.85 bits per heavy atom. The van der Waals surface area contributed by atoms with Crippen molar-refractivity contribution in [2.45, 2.75) is 26.3 Å². The normalized spacial score (nSPS) is 12.4. The van der Waals surface area contributed by atoms with Gasteiger partial charge in [0, 0.05) is 5.56 Å². The Morgan fingerprint density at radius 1 is 1.00 bits per heavy atom. The van der Waals surface area contributed by atoms with Gasteiger partial charge in [0.1, 0.15) is 11.9 Å². The van der Waals surface area contributed by atoms with E-state index in [1.165, 1.54) is 13.8 Å². The van der Waals surface area contributed by atoms with Gasteiger partial charge in [0.25, 0.3) is 0 Å². The van der Waals surface area contributed by atoms with Crippen molar-refractivity contribution in [3.05, 3.63) is 29.8 Å². The Labute approximate surface area is 146 Å². The van der Waals surface area contributed by atoms with Crippen LogP contribution in [0.5, 0.6) is 5.75 Å². The number of benzene rings is 1. The van der Waals surface area contributed by atoms with Gasteiger partial charge in [-0.3, -0.25) is 14.4 Å². The van der Waals surface area contributed by atoms with Crippen LogP contribution in [-0.2, 0) is 19.1 Å². The summed E-state index contributed by atoms with van der Waals surface area (Å²) in [6, 6.07) is 3.63. The second-order valence-corrected chi connectivity index (χ2v) is 4.86. The van der Waals surface area contributed by atoms with Gasteiger partial charge in [0.15, 0.2) is 11.7 Å². The number of hydrogen-bond acceptors (Lipinski definition) is 7. The number of esters is 2. The van der Waals surface area contributed by atoms with Gasteiger partial charge in [0.05, 0.1) is 13.2 Å². The summed E-state index contributed by atoms with van der Waals surface area (Å²) >= 11 is 0. The molecule has 1 aromatic rings. The monoisotopic (exact) mass is 378 g/mol. The first-order valence-electron chi connectivity index (χ1n) is 7.52. The van der Waals surface area contributed by atoms with Gasteiger partial charge in [-0.25, -0.2) is 0 Å². The zero-order valence-corrected chi connectivity index (χ0v) is 13.9. The molecule has 1 aromatic carbocycles. The summed E-state index contributed by atoms with van der Waals surface area (Å²) in [4.78, 5) is 36.0. The second kappa shape index (κ2) is 9.18. The Kier molecular flexibility index (Phi) is 7.56. The number of carbonyl (C=O) groups is 3. The highest BCUT2D eigenvalue weighted by atomic mass is 19.4. The van der Waals surface area contributed by atoms with Crippen LogP contribution in [0.1, 0.15) is 24.2 Å². The van der Waals surface area contributed by atoms with Crippen molar-refractivity contribution >= 4 is 17.7 Å². The van der Waals surface area contributed by atoms with Crippen LogP contribution >= 0.6 is 0 Å². The summed E-state index contributed by atoms with van der Waals surface area (Å²) in [5.74, 6) is -5.84. The standard InChI is InChI=1S/C16H17F3O7/c1-3-24-14(22)11(15(23)25-4-2)13(21)12(20)9-5-7-10(8-6-9)26-16(17,18)19/h5-8,11,13,21H,3-4H2,1-2H3. The summed E-state index contributed by atoms with van der Waals surface area (Å²) in [6.45, 7) is 2.74. The van der Waals surface area contributed by atoms with Crippen molar-refractivity contribution < 1.29 is 46.9 Å². The zero-order valence-electron chi connectivity index (χ0n) is 13.9. The summed E-state index contributed by atoms with van der Waals surface area (Å²) in [6.07, 6.45) is -7.02. The van der Waals surface area contributed by atoms with Crippen molar-refractivity contribution in [3.63, 3.8) is 0 Å². The molecular formula is C16H17F3O7. The van der Waals surface area contributed by atoms with E-state index < -0.39 is 41.9 Å². The summed E-state index contributed by atoms with van der Waals surface area (Å²) < 4.78 is 49.4. The molecular weight excluding hydrogens is 361 g/mol. The van der Waals surface area contributed by atoms with Crippen molar-refractivity contribution in [1.82, 2.24) is 0 Å². The number of aliphatic hydroxyl groups is 1. The van der Waals surface area contributed by atoms with Gasteiger partial charge in [-0.15, -0.1) is 13.2 Å². The van der Waals surface area contributed by atoms with Gasteiger partial charge >= 0.3 is 18.3 Å². The number of carbonyl (C=O) groups excluding carboxylic acids is 3. The summed E-state index contributed by atoms with van der Waals surface area (Å²) in [7, 11) is 0. The predicted octanol–water partition coefficient (Wildman–Crippen LogP) is 1.87. The molecule has 0 saturated carbocycles. The van der Waals surface area contributed by atoms with Crippen LogP contribution in [0.25, 0.3) is 0 Å². The molecule has 0 heterocycles. The molecule has 1 rings (SSSR count). The number of aliphatic hydroxyl groups excluding tert-OH is 1. The Hall–Kier alpha value is -2.62. The molecule has 1 unspecified atom stereocenters. The van der Waals surface area contributed by atoms with Gasteiger partial charge < -0.3 is 19.3 Å². The molecule has 1 atom stereocenters. The van der Waals surface area contributed by atoms with Crippen molar-refractivity contribution in [3.8, 4) is 5.75 Å². The van der Waals surface area contributed by atoms with E-state index >= 15 is 0 Å². The van der Waals surface area contributed by atoms with E-state index in [9.17, 15) is 32.7 Å². The quantitative estimate of drug-likeness (QED) is 0.419. The fraction of sp³-hybridized carbons (Fsp3) is 0.438. The van der Waals surface area contributed by atoms with Crippen LogP contribution in [0.2, 0.25) is 0 Å². The van der Waals surface area contributed by atoms with Crippen molar-refractivity contribution in [2.24, 2.45) is 5.92 Å². The molecule has 0 aliphatic rings. The van der Waals surface area contributed by atoms with Gasteiger partial charge in [-0.2, -0.15) is 0 Å². The molecule has 144 valence electrons. The number of Topliss-reactive ketones (excluding diaryl/α,β-unsaturated/α-hetero) is 1. The van der Waals surface area contributed by atoms with Crippen LogP contribution < -0.4 is 4.74 Å². The number of rotatable bonds is 8. The minimum atomic E-state index is -4.90. The van der Waals surface area contributed by atoms with Gasteiger partial charge in [0.2, 0.25) is 0 Å². The average Bonchev–Trinajstić information content (AvgIpc) is 2.54. The maximum Gasteiger partial charge on any atom is 0.573 e. The number of hydrogen-bond donors (Lipinski definition) is 1. The van der Waals surface area contributed by atoms with E-state index in [1.807, 2.05) is 0 Å².